The lowest BCUT2D eigenvalue weighted by Crippen LogP contribution is -2.25. The summed E-state index contributed by atoms with van der Waals surface area (Å²) >= 11 is 0. The molecule has 0 bridgehead atoms. The Balaban J connectivity index is 1.63. The first-order valence-corrected chi connectivity index (χ1v) is 10.1. The highest BCUT2D eigenvalue weighted by Gasteiger charge is 2.14. The summed E-state index contributed by atoms with van der Waals surface area (Å²) in [7, 11) is -3.73. The highest BCUT2D eigenvalue weighted by molar-refractivity contribution is 7.92. The van der Waals surface area contributed by atoms with Crippen molar-refractivity contribution >= 4 is 21.6 Å². The van der Waals surface area contributed by atoms with Gasteiger partial charge in [0.05, 0.1) is 4.90 Å². The molecule has 7 heteroatoms. The maximum atomic E-state index is 13.2. The van der Waals surface area contributed by atoms with E-state index in [-0.39, 0.29) is 16.6 Å². The molecule has 2 N–H and O–H groups in total. The quantitative estimate of drug-likeness (QED) is 0.639. The summed E-state index contributed by atoms with van der Waals surface area (Å²) in [6.45, 7) is 0.336. The molecule has 0 aliphatic rings. The van der Waals surface area contributed by atoms with Crippen molar-refractivity contribution in [3.05, 3.63) is 95.8 Å². The standard InChI is InChI=1S/C21H19FN2O3S/c22-18-8-4-6-16(14-18)12-13-23-21(25)17-7-5-9-19(15-17)24-28(26,27)20-10-2-1-3-11-20/h1-11,14-15,24H,12-13H2,(H,23,25). The third kappa shape index (κ3) is 5.17. The molecule has 0 atom stereocenters. The van der Waals surface area contributed by atoms with Gasteiger partial charge in [-0.3, -0.25) is 9.52 Å². The van der Waals surface area contributed by atoms with Gasteiger partial charge >= 0.3 is 0 Å². The number of benzene rings is 3. The Labute approximate surface area is 163 Å². The topological polar surface area (TPSA) is 75.3 Å². The molecule has 0 spiro atoms. The number of hydrogen-bond donors (Lipinski definition) is 2. The van der Waals surface area contributed by atoms with Crippen LogP contribution in [0.3, 0.4) is 0 Å². The minimum absolute atomic E-state index is 0.139. The second-order valence-electron chi connectivity index (χ2n) is 6.14. The molecule has 3 rings (SSSR count). The average Bonchev–Trinajstić information content (AvgIpc) is 2.68. The van der Waals surface area contributed by atoms with Crippen molar-refractivity contribution in [2.45, 2.75) is 11.3 Å². The van der Waals surface area contributed by atoms with Gasteiger partial charge in [-0.1, -0.05) is 36.4 Å². The van der Waals surface area contributed by atoms with E-state index in [1.54, 1.807) is 48.5 Å². The van der Waals surface area contributed by atoms with Crippen LogP contribution in [0.1, 0.15) is 15.9 Å². The maximum Gasteiger partial charge on any atom is 0.261 e. The zero-order valence-corrected chi connectivity index (χ0v) is 15.7. The molecule has 1 amide bonds. The number of amides is 1. The summed E-state index contributed by atoms with van der Waals surface area (Å²) < 4.78 is 40.4. The molecule has 0 aliphatic heterocycles. The minimum Gasteiger partial charge on any atom is -0.352 e. The number of halogens is 1. The van der Waals surface area contributed by atoms with Crippen molar-refractivity contribution in [2.24, 2.45) is 0 Å². The van der Waals surface area contributed by atoms with Crippen LogP contribution in [0, 0.1) is 5.82 Å². The first kappa shape index (κ1) is 19.6. The number of carbonyl (C=O) groups is 1. The largest absolute Gasteiger partial charge is 0.352 e. The third-order valence-electron chi connectivity index (χ3n) is 4.02. The minimum atomic E-state index is -3.73. The van der Waals surface area contributed by atoms with Crippen LogP contribution >= 0.6 is 0 Å². The lowest BCUT2D eigenvalue weighted by atomic mass is 10.1. The Hall–Kier alpha value is -3.19. The third-order valence-corrected chi connectivity index (χ3v) is 5.42. The number of carbonyl (C=O) groups excluding carboxylic acids is 1. The van der Waals surface area contributed by atoms with Crippen LogP contribution < -0.4 is 10.0 Å². The monoisotopic (exact) mass is 398 g/mol. The average molecular weight is 398 g/mol. The van der Waals surface area contributed by atoms with Crippen molar-refractivity contribution < 1.29 is 17.6 Å². The number of anilines is 1. The highest BCUT2D eigenvalue weighted by atomic mass is 32.2. The van der Waals surface area contributed by atoms with Crippen LogP contribution in [-0.2, 0) is 16.4 Å². The molecule has 0 saturated heterocycles. The molecule has 0 aromatic heterocycles. The molecule has 144 valence electrons. The number of rotatable bonds is 7. The number of hydrogen-bond acceptors (Lipinski definition) is 3. The van der Waals surface area contributed by atoms with Gasteiger partial charge in [0.15, 0.2) is 0 Å². The highest BCUT2D eigenvalue weighted by Crippen LogP contribution is 2.17. The van der Waals surface area contributed by atoms with E-state index in [0.717, 1.165) is 5.56 Å². The van der Waals surface area contributed by atoms with Gasteiger partial charge in [-0.05, 0) is 54.4 Å². The SMILES string of the molecule is O=C(NCCc1cccc(F)c1)c1cccc(NS(=O)(=O)c2ccccc2)c1. The second-order valence-corrected chi connectivity index (χ2v) is 7.82. The van der Waals surface area contributed by atoms with Crippen LogP contribution in [0.5, 0.6) is 0 Å². The molecule has 0 saturated carbocycles. The Morgan fingerprint density at radius 3 is 2.39 bits per heavy atom. The summed E-state index contributed by atoms with van der Waals surface area (Å²) in [5.41, 5.74) is 1.40. The first-order chi connectivity index (χ1) is 13.4. The lowest BCUT2D eigenvalue weighted by molar-refractivity contribution is 0.0954. The molecule has 0 fully saturated rings. The van der Waals surface area contributed by atoms with Gasteiger partial charge < -0.3 is 5.32 Å². The van der Waals surface area contributed by atoms with Crippen LogP contribution in [0.15, 0.2) is 83.8 Å². The molecule has 3 aromatic carbocycles. The van der Waals surface area contributed by atoms with Gasteiger partial charge in [0.25, 0.3) is 15.9 Å². The van der Waals surface area contributed by atoms with E-state index in [4.69, 9.17) is 0 Å². The second kappa shape index (κ2) is 8.67. The van der Waals surface area contributed by atoms with Crippen molar-refractivity contribution in [1.82, 2.24) is 5.32 Å². The Bertz CT molecular complexity index is 1070. The van der Waals surface area contributed by atoms with Gasteiger partial charge in [-0.15, -0.1) is 0 Å². The zero-order valence-electron chi connectivity index (χ0n) is 14.9. The van der Waals surface area contributed by atoms with Gasteiger partial charge in [0.2, 0.25) is 0 Å². The van der Waals surface area contributed by atoms with E-state index in [1.807, 2.05) is 0 Å². The lowest BCUT2D eigenvalue weighted by Gasteiger charge is -2.10. The summed E-state index contributed by atoms with van der Waals surface area (Å²) in [6, 6.07) is 20.4. The smallest absolute Gasteiger partial charge is 0.261 e. The van der Waals surface area contributed by atoms with Crippen molar-refractivity contribution in [3.8, 4) is 0 Å². The van der Waals surface area contributed by atoms with Gasteiger partial charge in [-0.2, -0.15) is 0 Å². The molecule has 3 aromatic rings. The molecular weight excluding hydrogens is 379 g/mol. The summed E-state index contributed by atoms with van der Waals surface area (Å²) in [5, 5.41) is 2.75. The molecule has 0 heterocycles. The molecule has 5 nitrogen and oxygen atoms in total. The van der Waals surface area contributed by atoms with Crippen LogP contribution in [0.4, 0.5) is 10.1 Å². The number of sulfonamides is 1. The normalized spacial score (nSPS) is 11.0. The zero-order chi connectivity index (χ0) is 20.0. The Morgan fingerprint density at radius 2 is 1.64 bits per heavy atom. The predicted molar refractivity (Wildman–Crippen MR) is 106 cm³/mol. The van der Waals surface area contributed by atoms with Crippen molar-refractivity contribution in [2.75, 3.05) is 11.3 Å². The van der Waals surface area contributed by atoms with Crippen LogP contribution in [0.25, 0.3) is 0 Å². The van der Waals surface area contributed by atoms with E-state index in [0.29, 0.717) is 24.2 Å². The van der Waals surface area contributed by atoms with Crippen molar-refractivity contribution in [1.29, 1.82) is 0 Å². The molecule has 28 heavy (non-hydrogen) atoms. The summed E-state index contributed by atoms with van der Waals surface area (Å²) in [5.74, 6) is -0.653. The van der Waals surface area contributed by atoms with Gasteiger partial charge in [-0.25, -0.2) is 12.8 Å². The van der Waals surface area contributed by atoms with Crippen molar-refractivity contribution in [3.63, 3.8) is 0 Å². The van der Waals surface area contributed by atoms with E-state index in [1.165, 1.54) is 30.3 Å². The Kier molecular flexibility index (Phi) is 6.06. The van der Waals surface area contributed by atoms with E-state index < -0.39 is 10.0 Å². The number of nitrogens with one attached hydrogen (secondary N) is 2. The fourth-order valence-corrected chi connectivity index (χ4v) is 3.72. The fourth-order valence-electron chi connectivity index (χ4n) is 2.65. The molecule has 0 unspecified atom stereocenters. The van der Waals surface area contributed by atoms with E-state index in [2.05, 4.69) is 10.0 Å². The molecule has 0 radical (unpaired) electrons. The van der Waals surface area contributed by atoms with E-state index >= 15 is 0 Å². The van der Waals surface area contributed by atoms with Crippen LogP contribution in [-0.4, -0.2) is 20.9 Å². The fraction of sp³-hybridized carbons (Fsp3) is 0.0952. The Morgan fingerprint density at radius 1 is 0.893 bits per heavy atom. The first-order valence-electron chi connectivity index (χ1n) is 8.65. The molecule has 0 aliphatic carbocycles. The van der Waals surface area contributed by atoms with Gasteiger partial charge in [0.1, 0.15) is 5.82 Å². The molecular formula is C21H19FN2O3S. The van der Waals surface area contributed by atoms with Crippen LogP contribution in [0.2, 0.25) is 0 Å². The summed E-state index contributed by atoms with van der Waals surface area (Å²) in [4.78, 5) is 12.5. The summed E-state index contributed by atoms with van der Waals surface area (Å²) in [6.07, 6.45) is 0.490. The van der Waals surface area contributed by atoms with Gasteiger partial charge in [0, 0.05) is 17.8 Å². The maximum absolute atomic E-state index is 13.2. The van der Waals surface area contributed by atoms with E-state index in [9.17, 15) is 17.6 Å². The predicted octanol–water partition coefficient (Wildman–Crippen LogP) is 3.60.